The normalized spacial score (nSPS) is 12.3. The number of anilines is 1. The van der Waals surface area contributed by atoms with Crippen LogP contribution in [0.15, 0.2) is 15.7 Å². The molecule has 4 N–H and O–H groups in total. The van der Waals surface area contributed by atoms with E-state index in [2.05, 4.69) is 42.0 Å². The molecule has 7 heteroatoms. The number of nitrogens with zero attached hydrogens (tertiary/aromatic N) is 1. The molecule has 1 aromatic heterocycles. The van der Waals surface area contributed by atoms with Crippen molar-refractivity contribution in [3.05, 3.63) is 26.2 Å². The Morgan fingerprint density at radius 1 is 1.48 bits per heavy atom. The molecule has 0 fully saturated rings. The maximum Gasteiger partial charge on any atom is 0.281 e. The molecule has 1 heterocycles. The maximum atomic E-state index is 12.3. The number of carbonyl (C=O) groups is 1. The first-order valence-electron chi connectivity index (χ1n) is 7.65. The van der Waals surface area contributed by atoms with E-state index in [4.69, 9.17) is 5.73 Å². The zero-order valence-corrected chi connectivity index (χ0v) is 16.8. The highest BCUT2D eigenvalue weighted by molar-refractivity contribution is 9.10. The van der Waals surface area contributed by atoms with Gasteiger partial charge in [-0.15, -0.1) is 11.3 Å². The first kappa shape index (κ1) is 20.0. The number of thiophene rings is 1. The van der Waals surface area contributed by atoms with Crippen molar-refractivity contribution in [3.63, 3.8) is 0 Å². The third kappa shape index (κ3) is 5.22. The minimum atomic E-state index is -0.433. The van der Waals surface area contributed by atoms with Gasteiger partial charge in [0.05, 0.1) is 5.56 Å². The average molecular weight is 404 g/mol. The number of hydroxylamine groups is 2. The predicted octanol–water partition coefficient (Wildman–Crippen LogP) is 4.22. The van der Waals surface area contributed by atoms with Crippen LogP contribution < -0.4 is 11.1 Å². The fourth-order valence-corrected chi connectivity index (χ4v) is 4.10. The molecule has 1 rings (SSSR count). The summed E-state index contributed by atoms with van der Waals surface area (Å²) in [6, 6.07) is 0. The van der Waals surface area contributed by atoms with Gasteiger partial charge in [0.15, 0.2) is 0 Å². The predicted molar refractivity (Wildman–Crippen MR) is 100 cm³/mol. The summed E-state index contributed by atoms with van der Waals surface area (Å²) in [6.07, 6.45) is 1.56. The molecule has 0 spiro atoms. The van der Waals surface area contributed by atoms with E-state index < -0.39 is 5.91 Å². The van der Waals surface area contributed by atoms with Crippen LogP contribution >= 0.6 is 27.3 Å². The molecule has 0 atom stereocenters. The van der Waals surface area contributed by atoms with E-state index >= 15 is 0 Å². The molecule has 5 nitrogen and oxygen atoms in total. The molecule has 130 valence electrons. The number of carbonyl (C=O) groups excluding carboxylic acids is 1. The SMILES string of the molecule is CC/C(Cc1sc(NCC(C)C)c(C(=O)N(C)O)c1Br)=C(/C)N. The molecular formula is C16H26BrN3O2S. The van der Waals surface area contributed by atoms with Crippen molar-refractivity contribution in [2.45, 2.75) is 40.5 Å². The molecule has 1 aromatic rings. The number of amides is 1. The van der Waals surface area contributed by atoms with Crippen LogP contribution in [0, 0.1) is 5.92 Å². The Kier molecular flexibility index (Phi) is 7.57. The highest BCUT2D eigenvalue weighted by atomic mass is 79.9. The van der Waals surface area contributed by atoms with Gasteiger partial charge in [0.1, 0.15) is 5.00 Å². The third-order valence-electron chi connectivity index (χ3n) is 3.45. The molecule has 23 heavy (non-hydrogen) atoms. The smallest absolute Gasteiger partial charge is 0.281 e. The largest absolute Gasteiger partial charge is 0.402 e. The fraction of sp³-hybridized carbons (Fsp3) is 0.562. The van der Waals surface area contributed by atoms with Gasteiger partial charge in [-0.1, -0.05) is 20.8 Å². The van der Waals surface area contributed by atoms with E-state index in [-0.39, 0.29) is 0 Å². The first-order chi connectivity index (χ1) is 10.7. The number of nitrogens with two attached hydrogens (primary N) is 1. The lowest BCUT2D eigenvalue weighted by Gasteiger charge is -2.12. The zero-order chi connectivity index (χ0) is 17.7. The van der Waals surface area contributed by atoms with Gasteiger partial charge in [0.2, 0.25) is 0 Å². The highest BCUT2D eigenvalue weighted by Gasteiger charge is 2.25. The van der Waals surface area contributed by atoms with Crippen molar-refractivity contribution in [2.75, 3.05) is 18.9 Å². The summed E-state index contributed by atoms with van der Waals surface area (Å²) in [5.41, 5.74) is 8.38. The van der Waals surface area contributed by atoms with Crippen LogP contribution in [0.5, 0.6) is 0 Å². The van der Waals surface area contributed by atoms with E-state index in [9.17, 15) is 10.0 Å². The topological polar surface area (TPSA) is 78.6 Å². The van der Waals surface area contributed by atoms with Gasteiger partial charge in [-0.3, -0.25) is 10.0 Å². The van der Waals surface area contributed by atoms with E-state index in [0.717, 1.165) is 38.6 Å². The number of hydrogen-bond donors (Lipinski definition) is 3. The van der Waals surface area contributed by atoms with Crippen LogP contribution in [-0.2, 0) is 6.42 Å². The number of allylic oxidation sites excluding steroid dienone is 2. The second kappa shape index (κ2) is 8.70. The van der Waals surface area contributed by atoms with Crippen LogP contribution in [0.3, 0.4) is 0 Å². The Hall–Kier alpha value is -1.05. The molecule has 0 aliphatic heterocycles. The van der Waals surface area contributed by atoms with Gasteiger partial charge in [-0.2, -0.15) is 0 Å². The third-order valence-corrected chi connectivity index (χ3v) is 5.74. The molecule has 0 aliphatic rings. The summed E-state index contributed by atoms with van der Waals surface area (Å²) in [5, 5.41) is 14.2. The molecule has 0 aromatic carbocycles. The Labute approximate surface area is 150 Å². The zero-order valence-electron chi connectivity index (χ0n) is 14.4. The number of halogens is 1. The minimum absolute atomic E-state index is 0.433. The van der Waals surface area contributed by atoms with Crippen molar-refractivity contribution >= 4 is 38.2 Å². The van der Waals surface area contributed by atoms with Gasteiger partial charge in [-0.25, -0.2) is 5.06 Å². The Morgan fingerprint density at radius 2 is 2.09 bits per heavy atom. The molecular weight excluding hydrogens is 378 g/mol. The van der Waals surface area contributed by atoms with Crippen molar-refractivity contribution in [3.8, 4) is 0 Å². The molecule has 0 unspecified atom stereocenters. The van der Waals surface area contributed by atoms with E-state index in [1.807, 2.05) is 6.92 Å². The molecule has 0 saturated heterocycles. The maximum absolute atomic E-state index is 12.3. The average Bonchev–Trinajstić information content (AvgIpc) is 2.77. The highest BCUT2D eigenvalue weighted by Crippen LogP contribution is 2.39. The molecule has 0 radical (unpaired) electrons. The Morgan fingerprint density at radius 3 is 2.52 bits per heavy atom. The minimum Gasteiger partial charge on any atom is -0.402 e. The van der Waals surface area contributed by atoms with Crippen LogP contribution in [-0.4, -0.2) is 29.8 Å². The number of nitrogens with one attached hydrogen (secondary N) is 1. The monoisotopic (exact) mass is 403 g/mol. The second-order valence-corrected chi connectivity index (χ2v) is 7.86. The van der Waals surface area contributed by atoms with Crippen molar-refractivity contribution in [1.29, 1.82) is 0 Å². The summed E-state index contributed by atoms with van der Waals surface area (Å²) < 4.78 is 0.729. The summed E-state index contributed by atoms with van der Waals surface area (Å²) in [5.74, 6) is 0.0173. The lowest BCUT2D eigenvalue weighted by molar-refractivity contribution is -0.0374. The van der Waals surface area contributed by atoms with E-state index in [1.54, 1.807) is 0 Å². The summed E-state index contributed by atoms with van der Waals surface area (Å²) in [7, 11) is 1.33. The molecule has 0 saturated carbocycles. The van der Waals surface area contributed by atoms with Gasteiger partial charge < -0.3 is 11.1 Å². The first-order valence-corrected chi connectivity index (χ1v) is 9.25. The lowest BCUT2D eigenvalue weighted by Crippen LogP contribution is -2.23. The van der Waals surface area contributed by atoms with Gasteiger partial charge in [0, 0.05) is 35.1 Å². The number of rotatable bonds is 7. The summed E-state index contributed by atoms with van der Waals surface area (Å²) in [4.78, 5) is 13.3. The number of hydrogen-bond acceptors (Lipinski definition) is 5. The van der Waals surface area contributed by atoms with Crippen molar-refractivity contribution < 1.29 is 10.0 Å². The van der Waals surface area contributed by atoms with Crippen LogP contribution in [0.2, 0.25) is 0 Å². The van der Waals surface area contributed by atoms with E-state index in [1.165, 1.54) is 18.4 Å². The van der Waals surface area contributed by atoms with Gasteiger partial charge in [-0.05, 0) is 40.8 Å². The summed E-state index contributed by atoms with van der Waals surface area (Å²) in [6.45, 7) is 8.93. The molecule has 1 amide bonds. The molecule has 0 aliphatic carbocycles. The van der Waals surface area contributed by atoms with Crippen LogP contribution in [0.1, 0.15) is 49.4 Å². The van der Waals surface area contributed by atoms with Crippen molar-refractivity contribution in [1.82, 2.24) is 5.06 Å². The van der Waals surface area contributed by atoms with Crippen LogP contribution in [0.4, 0.5) is 5.00 Å². The van der Waals surface area contributed by atoms with E-state index in [0.29, 0.717) is 23.0 Å². The Bertz CT molecular complexity index is 590. The summed E-state index contributed by atoms with van der Waals surface area (Å²) >= 11 is 5.06. The van der Waals surface area contributed by atoms with Gasteiger partial charge in [0.25, 0.3) is 5.91 Å². The van der Waals surface area contributed by atoms with Crippen LogP contribution in [0.25, 0.3) is 0 Å². The van der Waals surface area contributed by atoms with Gasteiger partial charge >= 0.3 is 0 Å². The van der Waals surface area contributed by atoms with Crippen molar-refractivity contribution in [2.24, 2.45) is 11.7 Å². The fourth-order valence-electron chi connectivity index (χ4n) is 2.08. The Balaban J connectivity index is 3.26. The second-order valence-electron chi connectivity index (χ2n) is 5.96. The molecule has 0 bridgehead atoms. The lowest BCUT2D eigenvalue weighted by atomic mass is 10.1. The quantitative estimate of drug-likeness (QED) is 0.470. The standard InChI is InChI=1S/C16H26BrN3O2S/c1-6-11(10(4)18)7-12-14(17)13(16(21)20(5)22)15(23-12)19-8-9(2)3/h9,19,22H,6-8,18H2,1-5H3/b11-10+.